The van der Waals surface area contributed by atoms with E-state index in [0.29, 0.717) is 0 Å². The topological polar surface area (TPSA) is 0 Å². The fraction of sp³-hybridized carbons (Fsp3) is 0.500. The summed E-state index contributed by atoms with van der Waals surface area (Å²) in [6, 6.07) is 2.23. The number of halogens is 1. The van der Waals surface area contributed by atoms with Crippen LogP contribution in [0.2, 0.25) is 0 Å². The van der Waals surface area contributed by atoms with Gasteiger partial charge in [-0.2, -0.15) is 0 Å². The van der Waals surface area contributed by atoms with Gasteiger partial charge in [0, 0.05) is 4.88 Å². The summed E-state index contributed by atoms with van der Waals surface area (Å²) in [7, 11) is 0. The van der Waals surface area contributed by atoms with Crippen LogP contribution in [0, 0.1) is 0 Å². The van der Waals surface area contributed by atoms with E-state index in [1.807, 2.05) is 0 Å². The van der Waals surface area contributed by atoms with E-state index < -0.39 is 0 Å². The Morgan fingerprint density at radius 3 is 2.50 bits per heavy atom. The number of allylic oxidation sites excluding steroid dienone is 5. The summed E-state index contributed by atoms with van der Waals surface area (Å²) in [6.45, 7) is 4.40. The molecule has 22 heavy (non-hydrogen) atoms. The third-order valence-electron chi connectivity index (χ3n) is 4.66. The smallest absolute Gasteiger partial charge is 0.144 e. The third kappa shape index (κ3) is 3.12. The van der Waals surface area contributed by atoms with Crippen LogP contribution in [0.4, 0.5) is 4.39 Å². The molecule has 3 rings (SSSR count). The van der Waals surface area contributed by atoms with Crippen LogP contribution in [0.5, 0.6) is 0 Å². The number of hydrogen-bond donors (Lipinski definition) is 0. The predicted molar refractivity (Wildman–Crippen MR) is 95.0 cm³/mol. The molecule has 0 nitrogen and oxygen atoms in total. The second-order valence-electron chi connectivity index (χ2n) is 6.38. The number of hydrogen-bond acceptors (Lipinski definition) is 1. The van der Waals surface area contributed by atoms with Gasteiger partial charge in [0.1, 0.15) is 5.83 Å². The van der Waals surface area contributed by atoms with Crippen LogP contribution in [0.25, 0.3) is 5.83 Å². The van der Waals surface area contributed by atoms with Crippen molar-refractivity contribution >= 4 is 17.2 Å². The molecule has 0 amide bonds. The quantitative estimate of drug-likeness (QED) is 0.562. The largest absolute Gasteiger partial charge is 0.205 e. The molecule has 1 heterocycles. The van der Waals surface area contributed by atoms with Gasteiger partial charge in [-0.3, -0.25) is 0 Å². The van der Waals surface area contributed by atoms with Crippen LogP contribution in [0.15, 0.2) is 34.9 Å². The van der Waals surface area contributed by atoms with Gasteiger partial charge in [0.15, 0.2) is 0 Å². The molecule has 2 aliphatic carbocycles. The molecule has 0 atom stereocenters. The van der Waals surface area contributed by atoms with E-state index in [1.54, 1.807) is 11.3 Å². The highest BCUT2D eigenvalue weighted by Gasteiger charge is 2.24. The molecule has 0 radical (unpaired) electrons. The highest BCUT2D eigenvalue weighted by Crippen LogP contribution is 2.42. The Labute approximate surface area is 137 Å². The van der Waals surface area contributed by atoms with Crippen molar-refractivity contribution in [2.75, 3.05) is 0 Å². The van der Waals surface area contributed by atoms with E-state index in [2.05, 4.69) is 32.1 Å². The van der Waals surface area contributed by atoms with E-state index in [0.717, 1.165) is 49.0 Å². The minimum absolute atomic E-state index is 0.0622. The fourth-order valence-electron chi connectivity index (χ4n) is 3.50. The van der Waals surface area contributed by atoms with Gasteiger partial charge in [-0.25, -0.2) is 4.39 Å². The van der Waals surface area contributed by atoms with Crippen LogP contribution < -0.4 is 0 Å². The second kappa shape index (κ2) is 6.95. The number of aryl methyl sites for hydroxylation is 2. The highest BCUT2D eigenvalue weighted by atomic mass is 32.1. The van der Waals surface area contributed by atoms with Gasteiger partial charge >= 0.3 is 0 Å². The molecule has 0 N–H and O–H groups in total. The lowest BCUT2D eigenvalue weighted by Crippen LogP contribution is -2.04. The number of rotatable bonds is 5. The zero-order chi connectivity index (χ0) is 15.5. The molecule has 0 unspecified atom stereocenters. The maximum absolute atomic E-state index is 15.0. The molecule has 0 saturated heterocycles. The lowest BCUT2D eigenvalue weighted by Gasteiger charge is -2.21. The van der Waals surface area contributed by atoms with Crippen molar-refractivity contribution in [1.82, 2.24) is 0 Å². The molecular weight excluding hydrogens is 291 g/mol. The summed E-state index contributed by atoms with van der Waals surface area (Å²) >= 11 is 1.67. The van der Waals surface area contributed by atoms with Gasteiger partial charge in [0.2, 0.25) is 0 Å². The SMILES string of the molecule is CCCC1=CC=C(C2=C(F)c3sc(CCC)cc3CC2)CC1. The van der Waals surface area contributed by atoms with Gasteiger partial charge in [0.05, 0.1) is 4.88 Å². The Morgan fingerprint density at radius 1 is 1.00 bits per heavy atom. The summed E-state index contributed by atoms with van der Waals surface area (Å²) in [5.41, 5.74) is 4.95. The summed E-state index contributed by atoms with van der Waals surface area (Å²) in [6.07, 6.45) is 13.0. The standard InChI is InChI=1S/C20H25FS/c1-3-5-14-7-9-15(10-8-14)18-12-11-16-13-17(6-4-2)22-20(16)19(18)21/h7,9,13H,3-6,8,10-12H2,1-2H3. The summed E-state index contributed by atoms with van der Waals surface area (Å²) in [5, 5.41) is 0. The minimum Gasteiger partial charge on any atom is -0.205 e. The van der Waals surface area contributed by atoms with Gasteiger partial charge in [-0.15, -0.1) is 11.3 Å². The zero-order valence-electron chi connectivity index (χ0n) is 13.7. The lowest BCUT2D eigenvalue weighted by atomic mass is 9.86. The van der Waals surface area contributed by atoms with Crippen LogP contribution in [0.3, 0.4) is 0 Å². The Bertz CT molecular complexity index is 643. The van der Waals surface area contributed by atoms with Crippen molar-refractivity contribution in [2.24, 2.45) is 0 Å². The van der Waals surface area contributed by atoms with Crippen molar-refractivity contribution in [3.05, 3.63) is 50.3 Å². The van der Waals surface area contributed by atoms with Gasteiger partial charge in [-0.05, 0) is 61.3 Å². The molecular formula is C20H25FS. The molecule has 0 saturated carbocycles. The zero-order valence-corrected chi connectivity index (χ0v) is 14.5. The molecule has 1 aromatic heterocycles. The van der Waals surface area contributed by atoms with Crippen molar-refractivity contribution in [3.63, 3.8) is 0 Å². The molecule has 2 heteroatoms. The third-order valence-corrected chi connectivity index (χ3v) is 5.89. The van der Waals surface area contributed by atoms with E-state index in [1.165, 1.54) is 34.4 Å². The van der Waals surface area contributed by atoms with Crippen LogP contribution in [0.1, 0.15) is 67.7 Å². The molecule has 118 valence electrons. The van der Waals surface area contributed by atoms with E-state index in [-0.39, 0.29) is 5.83 Å². The average molecular weight is 316 g/mol. The van der Waals surface area contributed by atoms with Crippen molar-refractivity contribution in [1.29, 1.82) is 0 Å². The van der Waals surface area contributed by atoms with Crippen molar-refractivity contribution in [3.8, 4) is 0 Å². The molecule has 0 spiro atoms. The van der Waals surface area contributed by atoms with Crippen LogP contribution in [-0.2, 0) is 12.8 Å². The molecule has 0 aliphatic heterocycles. The first-order valence-electron chi connectivity index (χ1n) is 8.62. The number of fused-ring (bicyclic) bond motifs is 1. The van der Waals surface area contributed by atoms with Crippen molar-refractivity contribution in [2.45, 2.75) is 65.2 Å². The maximum Gasteiger partial charge on any atom is 0.144 e. The maximum atomic E-state index is 15.0. The first-order valence-corrected chi connectivity index (χ1v) is 9.44. The Morgan fingerprint density at radius 2 is 1.82 bits per heavy atom. The van der Waals surface area contributed by atoms with Crippen LogP contribution in [-0.4, -0.2) is 0 Å². The molecule has 0 fully saturated rings. The normalized spacial score (nSPS) is 18.1. The van der Waals surface area contributed by atoms with E-state index in [9.17, 15) is 4.39 Å². The molecule has 0 bridgehead atoms. The van der Waals surface area contributed by atoms with Gasteiger partial charge in [-0.1, -0.05) is 44.4 Å². The van der Waals surface area contributed by atoms with Crippen molar-refractivity contribution < 1.29 is 4.39 Å². The molecule has 0 aromatic carbocycles. The summed E-state index contributed by atoms with van der Waals surface area (Å²) in [5.74, 6) is 0.0622. The molecule has 1 aromatic rings. The minimum atomic E-state index is 0.0622. The first kappa shape index (κ1) is 15.7. The summed E-state index contributed by atoms with van der Waals surface area (Å²) < 4.78 is 15.0. The second-order valence-corrected chi connectivity index (χ2v) is 7.51. The van der Waals surface area contributed by atoms with Gasteiger partial charge in [0.25, 0.3) is 0 Å². The first-order chi connectivity index (χ1) is 10.7. The van der Waals surface area contributed by atoms with E-state index >= 15 is 0 Å². The Balaban J connectivity index is 1.88. The Kier molecular flexibility index (Phi) is 4.97. The lowest BCUT2D eigenvalue weighted by molar-refractivity contribution is 0.719. The average Bonchev–Trinajstić information content (AvgIpc) is 2.93. The number of thiophene rings is 1. The fourth-order valence-corrected chi connectivity index (χ4v) is 4.77. The van der Waals surface area contributed by atoms with Gasteiger partial charge < -0.3 is 0 Å². The Hall–Kier alpha value is -1.15. The van der Waals surface area contributed by atoms with E-state index in [4.69, 9.17) is 0 Å². The van der Waals surface area contributed by atoms with Crippen LogP contribution >= 0.6 is 11.3 Å². The monoisotopic (exact) mass is 316 g/mol. The summed E-state index contributed by atoms with van der Waals surface area (Å²) in [4.78, 5) is 2.25. The predicted octanol–water partition coefficient (Wildman–Crippen LogP) is 6.77. The highest BCUT2D eigenvalue weighted by molar-refractivity contribution is 7.13. The molecule has 2 aliphatic rings.